The van der Waals surface area contributed by atoms with E-state index in [-0.39, 0.29) is 6.23 Å². The zero-order valence-corrected chi connectivity index (χ0v) is 15.9. The predicted octanol–water partition coefficient (Wildman–Crippen LogP) is 2.17. The average molecular weight is 412 g/mol. The SMILES string of the molecule is [CH3][Sn]([CH3])([CH3])[c]1ccc(-c2cnn(C3COCCO3)c2)c(F)n1. The van der Waals surface area contributed by atoms with E-state index < -0.39 is 24.3 Å². The van der Waals surface area contributed by atoms with Gasteiger partial charge in [0.15, 0.2) is 0 Å². The third kappa shape index (κ3) is 3.33. The summed E-state index contributed by atoms with van der Waals surface area (Å²) in [6.07, 6.45) is 3.17. The Morgan fingerprint density at radius 2 is 2.09 bits per heavy atom. The number of halogens is 1. The topological polar surface area (TPSA) is 49.2 Å². The molecule has 1 aliphatic heterocycles. The average Bonchev–Trinajstić information content (AvgIpc) is 2.96. The van der Waals surface area contributed by atoms with Crippen LogP contribution in [0.15, 0.2) is 24.5 Å². The van der Waals surface area contributed by atoms with Crippen molar-refractivity contribution in [1.29, 1.82) is 0 Å². The molecule has 1 unspecified atom stereocenters. The molecule has 0 aliphatic carbocycles. The van der Waals surface area contributed by atoms with E-state index in [4.69, 9.17) is 9.47 Å². The fourth-order valence-corrected chi connectivity index (χ4v) is 5.23. The van der Waals surface area contributed by atoms with Crippen molar-refractivity contribution in [3.8, 4) is 11.1 Å². The van der Waals surface area contributed by atoms with E-state index in [0.29, 0.717) is 30.9 Å². The number of pyridine rings is 1. The number of hydrogen-bond acceptors (Lipinski definition) is 4. The fourth-order valence-electron chi connectivity index (χ4n) is 2.33. The molecule has 0 bridgehead atoms. The molecule has 2 aromatic rings. The second-order valence-corrected chi connectivity index (χ2v) is 20.7. The van der Waals surface area contributed by atoms with Crippen molar-refractivity contribution in [3.63, 3.8) is 0 Å². The van der Waals surface area contributed by atoms with Crippen LogP contribution in [0.2, 0.25) is 14.8 Å². The van der Waals surface area contributed by atoms with Crippen molar-refractivity contribution in [3.05, 3.63) is 30.5 Å². The molecule has 118 valence electrons. The first-order valence-corrected chi connectivity index (χ1v) is 17.3. The zero-order chi connectivity index (χ0) is 15.7. The first-order chi connectivity index (χ1) is 10.4. The van der Waals surface area contributed by atoms with E-state index >= 15 is 0 Å². The van der Waals surface area contributed by atoms with Gasteiger partial charge in [-0.25, -0.2) is 0 Å². The van der Waals surface area contributed by atoms with Crippen molar-refractivity contribution >= 4 is 22.1 Å². The number of ether oxygens (including phenoxy) is 2. The molecule has 1 fully saturated rings. The molecule has 7 heteroatoms. The van der Waals surface area contributed by atoms with Crippen molar-refractivity contribution in [2.24, 2.45) is 0 Å². The van der Waals surface area contributed by atoms with Crippen LogP contribution in [0.25, 0.3) is 11.1 Å². The Morgan fingerprint density at radius 3 is 2.73 bits per heavy atom. The van der Waals surface area contributed by atoms with Crippen LogP contribution in [0.1, 0.15) is 6.23 Å². The summed E-state index contributed by atoms with van der Waals surface area (Å²) in [4.78, 5) is 10.8. The second kappa shape index (κ2) is 6.25. The second-order valence-electron chi connectivity index (χ2n) is 6.39. The van der Waals surface area contributed by atoms with Crippen LogP contribution >= 0.6 is 0 Å². The molecular weight excluding hydrogens is 392 g/mol. The third-order valence-corrected chi connectivity index (χ3v) is 8.80. The van der Waals surface area contributed by atoms with Gasteiger partial charge in [0.25, 0.3) is 0 Å². The van der Waals surface area contributed by atoms with Crippen molar-refractivity contribution in [1.82, 2.24) is 14.8 Å². The molecule has 0 saturated carbocycles. The molecule has 0 N–H and O–H groups in total. The van der Waals surface area contributed by atoms with Crippen molar-refractivity contribution in [2.75, 3.05) is 19.8 Å². The van der Waals surface area contributed by atoms with Gasteiger partial charge in [-0.15, -0.1) is 0 Å². The van der Waals surface area contributed by atoms with Gasteiger partial charge in [0.05, 0.1) is 0 Å². The molecule has 1 atom stereocenters. The molecule has 3 heterocycles. The van der Waals surface area contributed by atoms with Gasteiger partial charge >= 0.3 is 133 Å². The summed E-state index contributed by atoms with van der Waals surface area (Å²) in [5, 5.41) is 4.26. The quantitative estimate of drug-likeness (QED) is 0.573. The van der Waals surface area contributed by atoms with Crippen LogP contribution in [0, 0.1) is 5.95 Å². The molecule has 0 aromatic carbocycles. The number of rotatable bonds is 3. The summed E-state index contributed by atoms with van der Waals surface area (Å²) in [6, 6.07) is 3.76. The van der Waals surface area contributed by atoms with Gasteiger partial charge in [-0.1, -0.05) is 0 Å². The van der Waals surface area contributed by atoms with Crippen molar-refractivity contribution in [2.45, 2.75) is 21.0 Å². The van der Waals surface area contributed by atoms with Gasteiger partial charge in [-0.2, -0.15) is 0 Å². The molecule has 2 aromatic heterocycles. The first-order valence-electron chi connectivity index (χ1n) is 7.36. The van der Waals surface area contributed by atoms with E-state index in [1.54, 1.807) is 23.1 Å². The Kier molecular flexibility index (Phi) is 4.51. The van der Waals surface area contributed by atoms with E-state index in [9.17, 15) is 4.39 Å². The van der Waals surface area contributed by atoms with Crippen LogP contribution in [0.3, 0.4) is 0 Å². The monoisotopic (exact) mass is 413 g/mol. The minimum atomic E-state index is -2.35. The summed E-state index contributed by atoms with van der Waals surface area (Å²) >= 11 is -2.35. The molecule has 0 spiro atoms. The molecule has 0 radical (unpaired) electrons. The minimum absolute atomic E-state index is 0.247. The maximum absolute atomic E-state index is 14.3. The first kappa shape index (κ1) is 15.9. The van der Waals surface area contributed by atoms with Gasteiger partial charge in [-0.3, -0.25) is 0 Å². The Morgan fingerprint density at radius 1 is 1.27 bits per heavy atom. The molecule has 3 rings (SSSR count). The number of nitrogens with zero attached hydrogens (tertiary/aromatic N) is 3. The molecule has 22 heavy (non-hydrogen) atoms. The zero-order valence-electron chi connectivity index (χ0n) is 13.0. The molecule has 1 aliphatic rings. The normalized spacial score (nSPS) is 19.4. The Labute approximate surface area is 133 Å². The molecular formula is C15H20FN3O2Sn. The number of hydrogen-bond donors (Lipinski definition) is 0. The summed E-state index contributed by atoms with van der Waals surface area (Å²) in [5.74, 6) is -0.426. The Balaban J connectivity index is 1.87. The van der Waals surface area contributed by atoms with E-state index in [2.05, 4.69) is 24.9 Å². The summed E-state index contributed by atoms with van der Waals surface area (Å²) in [7, 11) is 0. The summed E-state index contributed by atoms with van der Waals surface area (Å²) in [5.41, 5.74) is 1.18. The van der Waals surface area contributed by atoms with Crippen LogP contribution in [-0.2, 0) is 9.47 Å². The Hall–Kier alpha value is -0.991. The van der Waals surface area contributed by atoms with Crippen molar-refractivity contribution < 1.29 is 13.9 Å². The van der Waals surface area contributed by atoms with Gasteiger partial charge in [-0.05, 0) is 0 Å². The number of aromatic nitrogens is 3. The van der Waals surface area contributed by atoms with Crippen LogP contribution < -0.4 is 3.71 Å². The standard InChI is InChI=1S/C12H11FN3O2.3CH3.Sn/c13-12-10(2-1-3-14-12)9-6-15-16(7-9)11-8-17-4-5-18-11;;;;/h1-2,6-7,11H,4-5,8H2;3*1H3;. The summed E-state index contributed by atoms with van der Waals surface area (Å²) < 4.78 is 27.9. The predicted molar refractivity (Wildman–Crippen MR) is 84.2 cm³/mol. The molecule has 5 nitrogen and oxygen atoms in total. The van der Waals surface area contributed by atoms with Gasteiger partial charge in [0.1, 0.15) is 0 Å². The van der Waals surface area contributed by atoms with Gasteiger partial charge in [0, 0.05) is 0 Å². The summed E-state index contributed by atoms with van der Waals surface area (Å²) in [6.45, 7) is 1.60. The molecule has 0 amide bonds. The van der Waals surface area contributed by atoms with Crippen LogP contribution in [0.5, 0.6) is 0 Å². The molecule has 1 saturated heterocycles. The van der Waals surface area contributed by atoms with Crippen LogP contribution in [0.4, 0.5) is 4.39 Å². The van der Waals surface area contributed by atoms with E-state index in [0.717, 1.165) is 3.71 Å². The van der Waals surface area contributed by atoms with Crippen LogP contribution in [-0.4, -0.2) is 53.0 Å². The van der Waals surface area contributed by atoms with E-state index in [1.807, 2.05) is 6.07 Å². The van der Waals surface area contributed by atoms with E-state index in [1.165, 1.54) is 0 Å². The fraction of sp³-hybridized carbons (Fsp3) is 0.467. The Bertz CT molecular complexity index is 663. The van der Waals surface area contributed by atoms with Gasteiger partial charge in [0.2, 0.25) is 0 Å². The van der Waals surface area contributed by atoms with Gasteiger partial charge < -0.3 is 0 Å². The maximum atomic E-state index is 14.3. The third-order valence-electron chi connectivity index (χ3n) is 3.62.